The quantitative estimate of drug-likeness (QED) is 0.150. The van der Waals surface area contributed by atoms with Crippen LogP contribution in [-0.2, 0) is 4.74 Å². The second-order valence-electron chi connectivity index (χ2n) is 5.15. The zero-order valence-corrected chi connectivity index (χ0v) is 15.3. The van der Waals surface area contributed by atoms with Crippen LogP contribution in [-0.4, -0.2) is 39.7 Å². The molecule has 1 heterocycles. The molecule has 31 heavy (non-hydrogen) atoms. The van der Waals surface area contributed by atoms with E-state index in [2.05, 4.69) is 9.73 Å². The molecule has 2 aromatic rings. The van der Waals surface area contributed by atoms with Crippen molar-refractivity contribution < 1.29 is 43.6 Å². The van der Waals surface area contributed by atoms with E-state index in [1.165, 1.54) is 19.2 Å². The third kappa shape index (κ3) is 6.20. The average molecular weight is 440 g/mol. The fourth-order valence-corrected chi connectivity index (χ4v) is 1.82. The van der Waals surface area contributed by atoms with Crippen molar-refractivity contribution in [3.05, 3.63) is 66.1 Å². The van der Waals surface area contributed by atoms with E-state index in [4.69, 9.17) is 15.9 Å². The Bertz CT molecular complexity index is 1050. The topological polar surface area (TPSA) is 275 Å². The highest BCUT2D eigenvalue weighted by molar-refractivity contribution is 5.90. The summed E-state index contributed by atoms with van der Waals surface area (Å²) in [7, 11) is 1.20. The number of carbonyl (C=O) groups is 2. The van der Waals surface area contributed by atoms with Gasteiger partial charge in [-0.25, -0.2) is 14.6 Å². The van der Waals surface area contributed by atoms with E-state index in [0.29, 0.717) is 12.1 Å². The van der Waals surface area contributed by atoms with Crippen LogP contribution in [0.15, 0.2) is 28.7 Å². The van der Waals surface area contributed by atoms with Crippen LogP contribution in [0.25, 0.3) is 0 Å². The number of furan rings is 1. The monoisotopic (exact) mass is 440 g/mol. The highest BCUT2D eigenvalue weighted by Crippen LogP contribution is 2.36. The Labute approximate surface area is 170 Å². The molecular weight excluding hydrogens is 428 g/mol. The molecule has 0 unspecified atom stereocenters. The minimum absolute atomic E-state index is 0.0711. The number of amides is 1. The number of hydrogen-bond donors (Lipinski definition) is 3. The smallest absolute Gasteiger partial charge is 0.373 e. The highest BCUT2D eigenvalue weighted by atomic mass is 16.6. The summed E-state index contributed by atoms with van der Waals surface area (Å²) in [5, 5.41) is 42.1. The van der Waals surface area contributed by atoms with Crippen LogP contribution in [0, 0.1) is 30.3 Å². The molecule has 17 nitrogen and oxygen atoms in total. The molecule has 164 valence electrons. The van der Waals surface area contributed by atoms with E-state index in [1.54, 1.807) is 0 Å². The van der Waals surface area contributed by atoms with Crippen molar-refractivity contribution in [2.75, 3.05) is 7.11 Å². The summed E-state index contributed by atoms with van der Waals surface area (Å²) in [6.07, 6.45) is 0. The van der Waals surface area contributed by atoms with E-state index >= 15 is 0 Å². The fraction of sp³-hybridized carbons (Fsp3) is 0.0714. The van der Waals surface area contributed by atoms with Gasteiger partial charge in [-0.05, 0) is 12.1 Å². The summed E-state index contributed by atoms with van der Waals surface area (Å²) in [5.74, 6) is -3.16. The number of nitrogens with one attached hydrogen (secondary N) is 1. The lowest BCUT2D eigenvalue weighted by Gasteiger charge is -2.06. The molecule has 0 aliphatic carbocycles. The van der Waals surface area contributed by atoms with Crippen molar-refractivity contribution in [2.24, 2.45) is 11.5 Å². The van der Waals surface area contributed by atoms with Gasteiger partial charge in [0.25, 0.3) is 17.1 Å². The van der Waals surface area contributed by atoms with Crippen molar-refractivity contribution in [1.29, 1.82) is 0 Å². The molecular formula is C14H12N6O11. The van der Waals surface area contributed by atoms with Crippen molar-refractivity contribution in [3.8, 4) is 5.75 Å². The number of guanidine groups is 1. The van der Waals surface area contributed by atoms with Crippen molar-refractivity contribution >= 4 is 34.9 Å². The van der Waals surface area contributed by atoms with Gasteiger partial charge in [-0.2, -0.15) is 0 Å². The predicted octanol–water partition coefficient (Wildman–Crippen LogP) is -1.95. The Morgan fingerprint density at radius 1 is 0.968 bits per heavy atom. The second-order valence-corrected chi connectivity index (χ2v) is 5.15. The number of methoxy groups -OCH3 is 1. The number of nitro benzene ring substituents is 3. The van der Waals surface area contributed by atoms with Gasteiger partial charge < -0.3 is 14.3 Å². The molecule has 1 aromatic heterocycles. The van der Waals surface area contributed by atoms with E-state index < -0.39 is 49.5 Å². The number of rotatable bonds is 5. The lowest BCUT2D eigenvalue weighted by Crippen LogP contribution is -2.81. The maximum atomic E-state index is 11.2. The molecule has 5 N–H and O–H groups in total. The van der Waals surface area contributed by atoms with Crippen molar-refractivity contribution in [2.45, 2.75) is 0 Å². The van der Waals surface area contributed by atoms with Gasteiger partial charge in [-0.15, -0.1) is 0 Å². The summed E-state index contributed by atoms with van der Waals surface area (Å²) >= 11 is 0. The number of nitrogens with two attached hydrogens (primary N) is 2. The zero-order valence-electron chi connectivity index (χ0n) is 15.3. The third-order valence-electron chi connectivity index (χ3n) is 3.11. The van der Waals surface area contributed by atoms with E-state index in [9.17, 15) is 45.0 Å². The Balaban J connectivity index is 0.000000311. The normalized spacial score (nSPS) is 9.58. The number of benzene rings is 1. The maximum absolute atomic E-state index is 11.2. The van der Waals surface area contributed by atoms with Gasteiger partial charge in [0.2, 0.25) is 11.5 Å². The van der Waals surface area contributed by atoms with Gasteiger partial charge in [-0.1, -0.05) is 0 Å². The van der Waals surface area contributed by atoms with Crippen molar-refractivity contribution in [3.63, 3.8) is 0 Å². The summed E-state index contributed by atoms with van der Waals surface area (Å²) in [4.78, 5) is 51.8. The molecule has 0 spiro atoms. The SMILES string of the molecule is COC(=O)c1ccc(C(=O)[NH+]=C(N)N)o1.O=[N+]([O-])c1cc([N+](=O)[O-])c([O-])c([N+](=O)[O-])c1. The molecule has 17 heteroatoms. The molecule has 0 atom stereocenters. The number of esters is 1. The summed E-state index contributed by atoms with van der Waals surface area (Å²) in [5.41, 5.74) is 6.84. The zero-order chi connectivity index (χ0) is 23.9. The Morgan fingerprint density at radius 2 is 1.45 bits per heavy atom. The number of carbonyl (C=O) groups excluding carboxylic acids is 2. The Hall–Kier alpha value is -5.09. The molecule has 0 radical (unpaired) electrons. The highest BCUT2D eigenvalue weighted by Gasteiger charge is 2.24. The van der Waals surface area contributed by atoms with Crippen LogP contribution in [0.4, 0.5) is 17.1 Å². The molecule has 1 amide bonds. The first-order valence-corrected chi connectivity index (χ1v) is 7.54. The lowest BCUT2D eigenvalue weighted by atomic mass is 10.2. The van der Waals surface area contributed by atoms with E-state index in [1.807, 2.05) is 0 Å². The van der Waals surface area contributed by atoms with Gasteiger partial charge in [0, 0.05) is 0 Å². The first kappa shape index (κ1) is 23.9. The molecule has 0 saturated heterocycles. The average Bonchev–Trinajstić information content (AvgIpc) is 3.17. The third-order valence-corrected chi connectivity index (χ3v) is 3.11. The van der Waals surface area contributed by atoms with Crippen LogP contribution in [0.2, 0.25) is 0 Å². The predicted molar refractivity (Wildman–Crippen MR) is 94.6 cm³/mol. The summed E-state index contributed by atoms with van der Waals surface area (Å²) < 4.78 is 9.28. The van der Waals surface area contributed by atoms with Gasteiger partial charge in [0.05, 0.1) is 39.8 Å². The van der Waals surface area contributed by atoms with Crippen LogP contribution < -0.4 is 21.6 Å². The second kappa shape index (κ2) is 9.91. The number of hydrogen-bond acceptors (Lipinski definition) is 11. The molecule has 0 aliphatic rings. The maximum Gasteiger partial charge on any atom is 0.373 e. The molecule has 0 aliphatic heterocycles. The van der Waals surface area contributed by atoms with Gasteiger partial charge >= 0.3 is 17.8 Å². The number of non-ortho nitro benzene ring substituents is 1. The number of nitro groups is 3. The summed E-state index contributed by atoms with van der Waals surface area (Å²) in [6.45, 7) is 0. The molecule has 0 bridgehead atoms. The molecule has 0 saturated carbocycles. The standard InChI is InChI=1S/C8H9N3O4.C6H3N3O7/c1-14-7(13)5-3-2-4(15-5)6(12)11-8(9)10;10-6-4(8(13)14)1-3(7(11)12)2-5(6)9(15)16/h2-3H,1H3,(H4,9,10,11,12);1-2,10H. The van der Waals surface area contributed by atoms with Crippen molar-refractivity contribution in [1.82, 2.24) is 0 Å². The first-order chi connectivity index (χ1) is 14.4. The minimum Gasteiger partial charge on any atom is -0.863 e. The first-order valence-electron chi connectivity index (χ1n) is 7.54. The van der Waals surface area contributed by atoms with E-state index in [0.717, 1.165) is 0 Å². The van der Waals surface area contributed by atoms with Gasteiger partial charge in [0.15, 0.2) is 0 Å². The summed E-state index contributed by atoms with van der Waals surface area (Å²) in [6, 6.07) is 3.39. The number of ether oxygens (including phenoxy) is 1. The lowest BCUT2D eigenvalue weighted by molar-refractivity contribution is -0.420. The fourth-order valence-electron chi connectivity index (χ4n) is 1.82. The molecule has 2 rings (SSSR count). The Morgan fingerprint density at radius 3 is 1.84 bits per heavy atom. The Kier molecular flexibility index (Phi) is 7.65. The van der Waals surface area contributed by atoms with E-state index in [-0.39, 0.29) is 17.5 Å². The molecule has 0 fully saturated rings. The van der Waals surface area contributed by atoms with Gasteiger partial charge in [0.1, 0.15) is 0 Å². The van der Waals surface area contributed by atoms with Crippen LogP contribution in [0.1, 0.15) is 21.1 Å². The van der Waals surface area contributed by atoms with Crippen LogP contribution >= 0.6 is 0 Å². The van der Waals surface area contributed by atoms with Crippen LogP contribution in [0.3, 0.4) is 0 Å². The molecule has 1 aromatic carbocycles. The van der Waals surface area contributed by atoms with Gasteiger partial charge in [-0.3, -0.25) is 41.8 Å². The van der Waals surface area contributed by atoms with Crippen LogP contribution in [0.5, 0.6) is 5.75 Å². The minimum atomic E-state index is -1.46. The number of nitrogens with zero attached hydrogens (tertiary/aromatic N) is 3. The largest absolute Gasteiger partial charge is 0.863 e.